The standard InChI is InChI=1S/C19H18N4O3S/c1-12-20-17(11-27-12)13-4-6-14(7-5-13)21-19(24)16-10-15(23(25)26)8-9-18(16)22(2)3/h4-11H,1-3H3,(H,21,24). The highest BCUT2D eigenvalue weighted by molar-refractivity contribution is 7.09. The lowest BCUT2D eigenvalue weighted by molar-refractivity contribution is -0.384. The van der Waals surface area contributed by atoms with E-state index in [1.165, 1.54) is 12.1 Å². The topological polar surface area (TPSA) is 88.4 Å². The third-order valence-electron chi connectivity index (χ3n) is 3.97. The van der Waals surface area contributed by atoms with Crippen molar-refractivity contribution in [2.24, 2.45) is 0 Å². The summed E-state index contributed by atoms with van der Waals surface area (Å²) in [6, 6.07) is 11.6. The predicted molar refractivity (Wildman–Crippen MR) is 108 cm³/mol. The van der Waals surface area contributed by atoms with Crippen LogP contribution >= 0.6 is 11.3 Å². The van der Waals surface area contributed by atoms with Crippen LogP contribution in [0.4, 0.5) is 17.1 Å². The Bertz CT molecular complexity index is 996. The summed E-state index contributed by atoms with van der Waals surface area (Å²) in [5, 5.41) is 16.8. The van der Waals surface area contributed by atoms with Crippen molar-refractivity contribution in [3.8, 4) is 11.3 Å². The summed E-state index contributed by atoms with van der Waals surface area (Å²) in [6.07, 6.45) is 0. The second kappa shape index (κ2) is 7.55. The molecular formula is C19H18N4O3S. The van der Waals surface area contributed by atoms with Gasteiger partial charge in [-0.15, -0.1) is 11.3 Å². The molecule has 0 aliphatic heterocycles. The van der Waals surface area contributed by atoms with Gasteiger partial charge in [0.05, 0.1) is 21.2 Å². The van der Waals surface area contributed by atoms with Gasteiger partial charge in [0.1, 0.15) is 0 Å². The summed E-state index contributed by atoms with van der Waals surface area (Å²) >= 11 is 1.58. The van der Waals surface area contributed by atoms with Crippen LogP contribution in [0.2, 0.25) is 0 Å². The van der Waals surface area contributed by atoms with Crippen LogP contribution in [0.1, 0.15) is 15.4 Å². The molecule has 1 N–H and O–H groups in total. The molecule has 27 heavy (non-hydrogen) atoms. The second-order valence-electron chi connectivity index (χ2n) is 6.14. The molecule has 138 valence electrons. The minimum absolute atomic E-state index is 0.125. The van der Waals surface area contributed by atoms with E-state index in [0.29, 0.717) is 11.4 Å². The number of rotatable bonds is 5. The number of thiazole rings is 1. The first kappa shape index (κ1) is 18.5. The van der Waals surface area contributed by atoms with Gasteiger partial charge in [0.25, 0.3) is 11.6 Å². The van der Waals surface area contributed by atoms with Crippen LogP contribution in [0.3, 0.4) is 0 Å². The number of carbonyl (C=O) groups is 1. The fourth-order valence-corrected chi connectivity index (χ4v) is 3.25. The zero-order valence-corrected chi connectivity index (χ0v) is 15.9. The molecule has 0 bridgehead atoms. The molecular weight excluding hydrogens is 364 g/mol. The fourth-order valence-electron chi connectivity index (χ4n) is 2.63. The lowest BCUT2D eigenvalue weighted by atomic mass is 10.1. The Balaban J connectivity index is 1.84. The number of nitrogens with one attached hydrogen (secondary N) is 1. The summed E-state index contributed by atoms with van der Waals surface area (Å²) < 4.78 is 0. The molecule has 0 saturated heterocycles. The first-order valence-corrected chi connectivity index (χ1v) is 9.03. The van der Waals surface area contributed by atoms with Crippen LogP contribution in [0.25, 0.3) is 11.3 Å². The van der Waals surface area contributed by atoms with E-state index >= 15 is 0 Å². The first-order chi connectivity index (χ1) is 12.8. The smallest absolute Gasteiger partial charge is 0.270 e. The van der Waals surface area contributed by atoms with Gasteiger partial charge in [0.2, 0.25) is 0 Å². The molecule has 0 aliphatic carbocycles. The number of aromatic nitrogens is 1. The normalized spacial score (nSPS) is 10.5. The molecule has 0 atom stereocenters. The molecule has 0 aliphatic rings. The molecule has 1 heterocycles. The van der Waals surface area contributed by atoms with Crippen molar-refractivity contribution in [1.29, 1.82) is 0 Å². The Kier molecular flexibility index (Phi) is 5.18. The van der Waals surface area contributed by atoms with Crippen LogP contribution in [-0.4, -0.2) is 29.9 Å². The number of nitrogens with zero attached hydrogens (tertiary/aromatic N) is 3. The molecule has 3 rings (SSSR count). The number of benzene rings is 2. The van der Waals surface area contributed by atoms with E-state index < -0.39 is 10.8 Å². The number of hydrogen-bond donors (Lipinski definition) is 1. The molecule has 0 saturated carbocycles. The molecule has 2 aromatic carbocycles. The third kappa shape index (κ3) is 4.12. The molecule has 0 unspecified atom stereocenters. The van der Waals surface area contributed by atoms with Crippen LogP contribution < -0.4 is 10.2 Å². The van der Waals surface area contributed by atoms with Gasteiger partial charge in [-0.1, -0.05) is 12.1 Å². The number of nitro benzene ring substituents is 1. The van der Waals surface area contributed by atoms with E-state index in [2.05, 4.69) is 10.3 Å². The molecule has 8 heteroatoms. The molecule has 0 radical (unpaired) electrons. The molecule has 0 spiro atoms. The summed E-state index contributed by atoms with van der Waals surface area (Å²) in [5.74, 6) is -0.403. The van der Waals surface area contributed by atoms with Crippen LogP contribution in [0.5, 0.6) is 0 Å². The number of non-ortho nitro benzene ring substituents is 1. The van der Waals surface area contributed by atoms with Crippen molar-refractivity contribution >= 4 is 34.3 Å². The molecule has 7 nitrogen and oxygen atoms in total. The number of nitro groups is 1. The monoisotopic (exact) mass is 382 g/mol. The Hall–Kier alpha value is -3.26. The Morgan fingerprint density at radius 2 is 1.89 bits per heavy atom. The summed E-state index contributed by atoms with van der Waals surface area (Å²) in [7, 11) is 3.56. The van der Waals surface area contributed by atoms with E-state index in [1.54, 1.807) is 48.5 Å². The van der Waals surface area contributed by atoms with Gasteiger partial charge >= 0.3 is 0 Å². The maximum absolute atomic E-state index is 12.7. The second-order valence-corrected chi connectivity index (χ2v) is 7.20. The fraction of sp³-hybridized carbons (Fsp3) is 0.158. The lowest BCUT2D eigenvalue weighted by Crippen LogP contribution is -2.18. The molecule has 0 fully saturated rings. The van der Waals surface area contributed by atoms with Crippen molar-refractivity contribution in [3.05, 3.63) is 68.5 Å². The van der Waals surface area contributed by atoms with Crippen molar-refractivity contribution in [3.63, 3.8) is 0 Å². The Labute approximate surface area is 160 Å². The van der Waals surface area contributed by atoms with E-state index in [9.17, 15) is 14.9 Å². The minimum Gasteiger partial charge on any atom is -0.377 e. The Morgan fingerprint density at radius 1 is 1.19 bits per heavy atom. The summed E-state index contributed by atoms with van der Waals surface area (Å²) in [4.78, 5) is 29.4. The number of carbonyl (C=O) groups excluding carboxylic acids is 1. The summed E-state index contributed by atoms with van der Waals surface area (Å²) in [6.45, 7) is 1.95. The Morgan fingerprint density at radius 3 is 2.44 bits per heavy atom. The number of amides is 1. The zero-order chi connectivity index (χ0) is 19.6. The zero-order valence-electron chi connectivity index (χ0n) is 15.1. The number of aryl methyl sites for hydroxylation is 1. The van der Waals surface area contributed by atoms with E-state index in [-0.39, 0.29) is 11.3 Å². The number of anilines is 2. The minimum atomic E-state index is -0.513. The molecule has 3 aromatic rings. The largest absolute Gasteiger partial charge is 0.377 e. The van der Waals surface area contributed by atoms with Crippen LogP contribution in [0.15, 0.2) is 47.8 Å². The maximum atomic E-state index is 12.7. The van der Waals surface area contributed by atoms with Crippen molar-refractivity contribution in [2.45, 2.75) is 6.92 Å². The highest BCUT2D eigenvalue weighted by Crippen LogP contribution is 2.26. The van der Waals surface area contributed by atoms with Gasteiger partial charge in [-0.2, -0.15) is 0 Å². The van der Waals surface area contributed by atoms with Gasteiger partial charge in [0, 0.05) is 48.5 Å². The quantitative estimate of drug-likeness (QED) is 0.524. The van der Waals surface area contributed by atoms with Gasteiger partial charge in [-0.3, -0.25) is 14.9 Å². The average molecular weight is 382 g/mol. The highest BCUT2D eigenvalue weighted by Gasteiger charge is 2.18. The SMILES string of the molecule is Cc1nc(-c2ccc(NC(=O)c3cc([N+](=O)[O-])ccc3N(C)C)cc2)cs1. The van der Waals surface area contributed by atoms with E-state index in [0.717, 1.165) is 16.3 Å². The average Bonchev–Trinajstić information content (AvgIpc) is 3.08. The van der Waals surface area contributed by atoms with Gasteiger partial charge < -0.3 is 10.2 Å². The van der Waals surface area contributed by atoms with Gasteiger partial charge in [-0.05, 0) is 25.1 Å². The number of hydrogen-bond acceptors (Lipinski definition) is 6. The lowest BCUT2D eigenvalue weighted by Gasteiger charge is -2.17. The molecule has 1 amide bonds. The van der Waals surface area contributed by atoms with Crippen molar-refractivity contribution < 1.29 is 9.72 Å². The van der Waals surface area contributed by atoms with E-state index in [1.807, 2.05) is 24.4 Å². The summed E-state index contributed by atoms with van der Waals surface area (Å²) in [5.41, 5.74) is 3.18. The van der Waals surface area contributed by atoms with Crippen molar-refractivity contribution in [1.82, 2.24) is 4.98 Å². The van der Waals surface area contributed by atoms with Gasteiger partial charge in [-0.25, -0.2) is 4.98 Å². The van der Waals surface area contributed by atoms with Crippen LogP contribution in [-0.2, 0) is 0 Å². The highest BCUT2D eigenvalue weighted by atomic mass is 32.1. The predicted octanol–water partition coefficient (Wildman–Crippen LogP) is 4.35. The third-order valence-corrected chi connectivity index (χ3v) is 4.75. The molecule has 1 aromatic heterocycles. The maximum Gasteiger partial charge on any atom is 0.270 e. The van der Waals surface area contributed by atoms with Crippen LogP contribution in [0, 0.1) is 17.0 Å². The first-order valence-electron chi connectivity index (χ1n) is 8.15. The van der Waals surface area contributed by atoms with Crippen molar-refractivity contribution in [2.75, 3.05) is 24.3 Å². The van der Waals surface area contributed by atoms with E-state index in [4.69, 9.17) is 0 Å². The van der Waals surface area contributed by atoms with Gasteiger partial charge in [0.15, 0.2) is 0 Å².